The first kappa shape index (κ1) is 10.4. The maximum Gasteiger partial charge on any atom is 0.202 e. The van der Waals surface area contributed by atoms with Crippen LogP contribution in [0.4, 0.5) is 5.13 Å². The van der Waals surface area contributed by atoms with Gasteiger partial charge in [-0.2, -0.15) is 4.37 Å². The monoisotopic (exact) mass is 200 g/mol. The maximum absolute atomic E-state index is 5.52. The summed E-state index contributed by atoms with van der Waals surface area (Å²) in [6.07, 6.45) is 2.53. The average Bonchev–Trinajstić information content (AvgIpc) is 2.56. The van der Waals surface area contributed by atoms with Gasteiger partial charge in [-0.05, 0) is 18.9 Å². The molecule has 0 aliphatic heterocycles. The maximum atomic E-state index is 5.52. The van der Waals surface area contributed by atoms with Crippen LogP contribution in [0.1, 0.15) is 20.3 Å². The molecule has 0 bridgehead atoms. The number of hydrogen-bond acceptors (Lipinski definition) is 5. The highest BCUT2D eigenvalue weighted by Gasteiger charge is 2.12. The van der Waals surface area contributed by atoms with E-state index in [1.54, 1.807) is 6.33 Å². The molecule has 1 atom stereocenters. The molecule has 0 amide bonds. The fraction of sp³-hybridized carbons (Fsp3) is 0.750. The molecule has 4 nitrogen and oxygen atoms in total. The number of hydrogen-bond donors (Lipinski definition) is 2. The van der Waals surface area contributed by atoms with Gasteiger partial charge in [0, 0.05) is 17.6 Å². The molecule has 0 aliphatic rings. The first-order valence-electron chi connectivity index (χ1n) is 4.47. The largest absolute Gasteiger partial charge is 0.357 e. The van der Waals surface area contributed by atoms with E-state index in [9.17, 15) is 0 Å². The van der Waals surface area contributed by atoms with Gasteiger partial charge >= 0.3 is 0 Å². The van der Waals surface area contributed by atoms with E-state index in [2.05, 4.69) is 28.5 Å². The van der Waals surface area contributed by atoms with E-state index in [4.69, 9.17) is 5.73 Å². The Balaban J connectivity index is 2.47. The number of aromatic nitrogens is 2. The van der Waals surface area contributed by atoms with Crippen LogP contribution in [0, 0.1) is 5.92 Å². The van der Waals surface area contributed by atoms with Gasteiger partial charge in [0.15, 0.2) is 0 Å². The number of nitrogens with one attached hydrogen (secondary N) is 1. The molecule has 0 spiro atoms. The van der Waals surface area contributed by atoms with E-state index in [0.29, 0.717) is 18.5 Å². The average molecular weight is 200 g/mol. The van der Waals surface area contributed by atoms with Gasteiger partial charge in [-0.1, -0.05) is 13.8 Å². The van der Waals surface area contributed by atoms with Gasteiger partial charge in [0.2, 0.25) is 5.13 Å². The molecule has 0 fully saturated rings. The molecule has 0 aliphatic carbocycles. The van der Waals surface area contributed by atoms with Gasteiger partial charge in [-0.3, -0.25) is 0 Å². The van der Waals surface area contributed by atoms with Crippen molar-refractivity contribution >= 4 is 16.7 Å². The van der Waals surface area contributed by atoms with Crippen molar-refractivity contribution in [3.63, 3.8) is 0 Å². The second-order valence-electron chi connectivity index (χ2n) is 3.32. The standard InChI is InChI=1S/C8H16N4S/c1-6(2)7(3-4-9)12-8-10-5-11-13-8/h5-7H,3-4,9H2,1-2H3,(H,10,11,12). The van der Waals surface area contributed by atoms with Gasteiger partial charge in [0.1, 0.15) is 6.33 Å². The van der Waals surface area contributed by atoms with E-state index in [0.717, 1.165) is 11.6 Å². The molecule has 1 rings (SSSR count). The Morgan fingerprint density at radius 3 is 2.85 bits per heavy atom. The van der Waals surface area contributed by atoms with Crippen LogP contribution in [0.2, 0.25) is 0 Å². The molecule has 1 unspecified atom stereocenters. The van der Waals surface area contributed by atoms with Gasteiger partial charge in [-0.15, -0.1) is 0 Å². The molecule has 1 aromatic heterocycles. The smallest absolute Gasteiger partial charge is 0.202 e. The molecule has 1 heterocycles. The number of anilines is 1. The van der Waals surface area contributed by atoms with E-state index in [1.807, 2.05) is 0 Å². The van der Waals surface area contributed by atoms with Crippen molar-refractivity contribution in [2.24, 2.45) is 11.7 Å². The van der Waals surface area contributed by atoms with E-state index < -0.39 is 0 Å². The Hall–Kier alpha value is -0.680. The molecule has 0 saturated carbocycles. The zero-order chi connectivity index (χ0) is 9.68. The van der Waals surface area contributed by atoms with Crippen LogP contribution in [-0.4, -0.2) is 21.9 Å². The zero-order valence-electron chi connectivity index (χ0n) is 8.03. The van der Waals surface area contributed by atoms with Gasteiger partial charge < -0.3 is 11.1 Å². The number of nitrogens with two attached hydrogens (primary N) is 1. The summed E-state index contributed by atoms with van der Waals surface area (Å²) in [4.78, 5) is 4.08. The number of nitrogens with zero attached hydrogens (tertiary/aromatic N) is 2. The summed E-state index contributed by atoms with van der Waals surface area (Å²) in [6.45, 7) is 5.05. The SMILES string of the molecule is CC(C)C(CCN)Nc1ncns1. The lowest BCUT2D eigenvalue weighted by Crippen LogP contribution is -2.28. The van der Waals surface area contributed by atoms with Gasteiger partial charge in [-0.25, -0.2) is 4.98 Å². The molecule has 0 saturated heterocycles. The molecule has 13 heavy (non-hydrogen) atoms. The Bertz CT molecular complexity index is 222. The molecular formula is C8H16N4S. The van der Waals surface area contributed by atoms with Crippen molar-refractivity contribution in [1.29, 1.82) is 0 Å². The molecule has 74 valence electrons. The van der Waals surface area contributed by atoms with Crippen molar-refractivity contribution in [3.05, 3.63) is 6.33 Å². The Labute approximate surface area is 82.7 Å². The second kappa shape index (κ2) is 5.14. The van der Waals surface area contributed by atoms with Crippen LogP contribution in [0.25, 0.3) is 0 Å². The lowest BCUT2D eigenvalue weighted by Gasteiger charge is -2.20. The first-order chi connectivity index (χ1) is 6.24. The molecule has 5 heteroatoms. The first-order valence-corrected chi connectivity index (χ1v) is 5.24. The predicted octanol–water partition coefficient (Wildman–Crippen LogP) is 1.32. The van der Waals surface area contributed by atoms with Crippen LogP contribution >= 0.6 is 11.5 Å². The summed E-state index contributed by atoms with van der Waals surface area (Å²) in [5.41, 5.74) is 5.52. The van der Waals surface area contributed by atoms with Crippen LogP contribution < -0.4 is 11.1 Å². The molecule has 1 aromatic rings. The van der Waals surface area contributed by atoms with Crippen LogP contribution in [0.3, 0.4) is 0 Å². The highest BCUT2D eigenvalue weighted by atomic mass is 32.1. The van der Waals surface area contributed by atoms with Crippen molar-refractivity contribution in [2.75, 3.05) is 11.9 Å². The minimum atomic E-state index is 0.401. The van der Waals surface area contributed by atoms with Crippen molar-refractivity contribution < 1.29 is 0 Å². The van der Waals surface area contributed by atoms with Gasteiger partial charge in [0.25, 0.3) is 0 Å². The minimum absolute atomic E-state index is 0.401. The lowest BCUT2D eigenvalue weighted by molar-refractivity contribution is 0.498. The quantitative estimate of drug-likeness (QED) is 0.752. The third-order valence-corrected chi connectivity index (χ3v) is 2.55. The fourth-order valence-corrected chi connectivity index (χ4v) is 1.64. The summed E-state index contributed by atoms with van der Waals surface area (Å²) < 4.78 is 3.93. The Morgan fingerprint density at radius 2 is 2.38 bits per heavy atom. The number of rotatable bonds is 5. The van der Waals surface area contributed by atoms with Gasteiger partial charge in [0.05, 0.1) is 0 Å². The summed E-state index contributed by atoms with van der Waals surface area (Å²) in [6, 6.07) is 0.401. The lowest BCUT2D eigenvalue weighted by atomic mass is 10.0. The third kappa shape index (κ3) is 3.28. The normalized spacial score (nSPS) is 13.2. The van der Waals surface area contributed by atoms with Crippen molar-refractivity contribution in [2.45, 2.75) is 26.3 Å². The van der Waals surface area contributed by atoms with E-state index >= 15 is 0 Å². The van der Waals surface area contributed by atoms with Crippen LogP contribution in [-0.2, 0) is 0 Å². The summed E-state index contributed by atoms with van der Waals surface area (Å²) in [5.74, 6) is 0.562. The zero-order valence-corrected chi connectivity index (χ0v) is 8.84. The predicted molar refractivity (Wildman–Crippen MR) is 55.8 cm³/mol. The highest BCUT2D eigenvalue weighted by molar-refractivity contribution is 7.09. The van der Waals surface area contributed by atoms with Crippen LogP contribution in [0.15, 0.2) is 6.33 Å². The summed E-state index contributed by atoms with van der Waals surface area (Å²) in [5, 5.41) is 4.21. The van der Waals surface area contributed by atoms with Crippen molar-refractivity contribution in [1.82, 2.24) is 9.36 Å². The second-order valence-corrected chi connectivity index (χ2v) is 4.10. The Kier molecular flexibility index (Phi) is 4.11. The minimum Gasteiger partial charge on any atom is -0.357 e. The third-order valence-electron chi connectivity index (χ3n) is 1.95. The highest BCUT2D eigenvalue weighted by Crippen LogP contribution is 2.14. The van der Waals surface area contributed by atoms with E-state index in [1.165, 1.54) is 11.5 Å². The fourth-order valence-electron chi connectivity index (χ4n) is 1.15. The van der Waals surface area contributed by atoms with Crippen molar-refractivity contribution in [3.8, 4) is 0 Å². The molecule has 3 N–H and O–H groups in total. The Morgan fingerprint density at radius 1 is 1.62 bits per heavy atom. The molecule has 0 radical (unpaired) electrons. The van der Waals surface area contributed by atoms with E-state index in [-0.39, 0.29) is 0 Å². The summed E-state index contributed by atoms with van der Waals surface area (Å²) >= 11 is 1.38. The summed E-state index contributed by atoms with van der Waals surface area (Å²) in [7, 11) is 0. The van der Waals surface area contributed by atoms with Crippen LogP contribution in [0.5, 0.6) is 0 Å². The molecular weight excluding hydrogens is 184 g/mol. The molecule has 0 aromatic carbocycles. The topological polar surface area (TPSA) is 63.8 Å².